The molecule has 0 unspecified atom stereocenters. The quantitative estimate of drug-likeness (QED) is 0.138. The Morgan fingerprint density at radius 2 is 1.16 bits per heavy atom. The molecule has 0 aliphatic carbocycles. The number of likely N-dealkylation sites (tertiary alicyclic amines) is 2. The van der Waals surface area contributed by atoms with Crippen molar-refractivity contribution in [1.82, 2.24) is 40.4 Å². The number of amides is 5. The summed E-state index contributed by atoms with van der Waals surface area (Å²) in [4.78, 5) is 81.8. The Morgan fingerprint density at radius 1 is 0.727 bits per heavy atom. The number of nitrogens with zero attached hydrogens (tertiary/aromatic N) is 4. The number of methoxy groups -OCH3 is 2. The van der Waals surface area contributed by atoms with Gasteiger partial charge in [0.15, 0.2) is 0 Å². The molecule has 2 aromatic carbocycles. The lowest BCUT2D eigenvalue weighted by molar-refractivity contribution is -0.136. The smallest absolute Gasteiger partial charge is 0.407 e. The fourth-order valence-corrected chi connectivity index (χ4v) is 7.30. The van der Waals surface area contributed by atoms with Crippen LogP contribution in [0.15, 0.2) is 60.9 Å². The largest absolute Gasteiger partial charge is 0.453 e. The molecule has 16 nitrogen and oxygen atoms in total. The molecule has 4 aromatic rings. The van der Waals surface area contributed by atoms with Gasteiger partial charge in [0.05, 0.1) is 56.5 Å². The van der Waals surface area contributed by atoms with Gasteiger partial charge >= 0.3 is 12.2 Å². The zero-order valence-electron chi connectivity index (χ0n) is 31.3. The number of hydrogen-bond acceptors (Lipinski definition) is 9. The number of H-pyrrole nitrogens is 2. The van der Waals surface area contributed by atoms with Crippen LogP contribution < -0.4 is 16.4 Å². The second kappa shape index (κ2) is 16.9. The van der Waals surface area contributed by atoms with Crippen molar-refractivity contribution in [2.24, 2.45) is 11.7 Å². The molecule has 4 heterocycles. The number of primary amides is 1. The summed E-state index contributed by atoms with van der Waals surface area (Å²) in [6.45, 7) is 4.81. The Morgan fingerprint density at radius 3 is 1.60 bits per heavy atom. The van der Waals surface area contributed by atoms with Crippen LogP contribution in [0, 0.1) is 5.92 Å². The number of alkyl carbamates (subject to hydrolysis) is 2. The molecule has 0 radical (unpaired) electrons. The number of imidazole rings is 2. The second-order valence-electron chi connectivity index (χ2n) is 14.1. The second-order valence-corrected chi connectivity index (χ2v) is 14.1. The lowest BCUT2D eigenvalue weighted by Gasteiger charge is -2.30. The molecule has 6 rings (SSSR count). The summed E-state index contributed by atoms with van der Waals surface area (Å²) in [7, 11) is 2.46. The molecule has 2 aromatic heterocycles. The molecule has 16 heteroatoms. The van der Waals surface area contributed by atoms with Gasteiger partial charge in [-0.25, -0.2) is 19.6 Å². The van der Waals surface area contributed by atoms with E-state index in [0.29, 0.717) is 31.2 Å². The Kier molecular flexibility index (Phi) is 11.8. The molecule has 2 saturated heterocycles. The van der Waals surface area contributed by atoms with Crippen LogP contribution in [0.1, 0.15) is 69.7 Å². The molecular formula is C39H47N9O7. The average Bonchev–Trinajstić information content (AvgIpc) is 4.02. The third-order valence-electron chi connectivity index (χ3n) is 10.2. The maximum absolute atomic E-state index is 13.5. The van der Waals surface area contributed by atoms with Gasteiger partial charge in [-0.15, -0.1) is 0 Å². The van der Waals surface area contributed by atoms with E-state index in [0.717, 1.165) is 52.9 Å². The van der Waals surface area contributed by atoms with Crippen molar-refractivity contribution in [1.29, 1.82) is 0 Å². The van der Waals surface area contributed by atoms with E-state index >= 15 is 0 Å². The van der Waals surface area contributed by atoms with Crippen LogP contribution in [-0.2, 0) is 23.9 Å². The third-order valence-corrected chi connectivity index (χ3v) is 10.2. The monoisotopic (exact) mass is 753 g/mol. The van der Waals surface area contributed by atoms with E-state index in [9.17, 15) is 24.0 Å². The molecule has 5 amide bonds. The van der Waals surface area contributed by atoms with Crippen molar-refractivity contribution in [2.75, 3.05) is 27.3 Å². The standard InChI is InChI=1S/C39H47N9O7/c1-22(2)33(46-39(53)55-4)37(51)48-18-6-8-31(48)35-42-21-29(44-35)26-15-11-24(12-16-26)23-9-13-25(14-10-23)28-20-41-34(43-28)30-7-5-17-47(30)36(50)27(19-32(40)49)45-38(52)54-3/h9-16,20-22,27,30-31,33H,5-8,17-19H2,1-4H3,(H2,40,49)(H,41,43)(H,42,44)(H,45,52)(H,46,53)/t27-,30-,31-,33-/m0/s1. The first-order valence-electron chi connectivity index (χ1n) is 18.4. The lowest BCUT2D eigenvalue weighted by Crippen LogP contribution is -2.51. The number of hydrogen-bond donors (Lipinski definition) is 5. The fraction of sp³-hybridized carbons (Fsp3) is 0.410. The number of nitrogens with one attached hydrogen (secondary N) is 4. The zero-order valence-corrected chi connectivity index (χ0v) is 31.3. The molecule has 2 fully saturated rings. The molecule has 4 atom stereocenters. The number of aromatic amines is 2. The number of rotatable bonds is 12. The summed E-state index contributed by atoms with van der Waals surface area (Å²) in [5.41, 5.74) is 10.9. The van der Waals surface area contributed by atoms with Crippen molar-refractivity contribution in [3.05, 3.63) is 72.6 Å². The van der Waals surface area contributed by atoms with Crippen LogP contribution in [0.5, 0.6) is 0 Å². The van der Waals surface area contributed by atoms with E-state index in [4.69, 9.17) is 10.5 Å². The van der Waals surface area contributed by atoms with Crippen LogP contribution in [0.4, 0.5) is 9.59 Å². The summed E-state index contributed by atoms with van der Waals surface area (Å²) in [6.07, 6.45) is 4.72. The minimum atomic E-state index is -1.14. The van der Waals surface area contributed by atoms with Gasteiger partial charge in [-0.3, -0.25) is 14.4 Å². The Hall–Kier alpha value is -6.19. The molecule has 0 saturated carbocycles. The van der Waals surface area contributed by atoms with E-state index in [-0.39, 0.29) is 30.3 Å². The topological polar surface area (TPSA) is 218 Å². The molecule has 290 valence electrons. The van der Waals surface area contributed by atoms with Crippen LogP contribution in [0.2, 0.25) is 0 Å². The van der Waals surface area contributed by atoms with E-state index in [1.807, 2.05) is 62.4 Å². The SMILES string of the molecule is COC(=O)N[C@@H](CC(N)=O)C(=O)N1CCC[C@H]1c1ncc(-c2ccc(-c3ccc(-c4cnc([C@@H]5CCCN5C(=O)[C@@H](NC(=O)OC)C(C)C)[nH]4)cc3)cc2)[nH]1. The first-order chi connectivity index (χ1) is 26.5. The van der Waals surface area contributed by atoms with Crippen LogP contribution in [0.25, 0.3) is 33.6 Å². The number of ether oxygens (including phenoxy) is 2. The van der Waals surface area contributed by atoms with Gasteiger partial charge in [0.1, 0.15) is 23.7 Å². The minimum absolute atomic E-state index is 0.115. The highest BCUT2D eigenvalue weighted by atomic mass is 16.5. The number of carbonyl (C=O) groups excluding carboxylic acids is 5. The van der Waals surface area contributed by atoms with Crippen molar-refractivity contribution in [3.63, 3.8) is 0 Å². The van der Waals surface area contributed by atoms with Gasteiger partial charge in [-0.05, 0) is 53.9 Å². The van der Waals surface area contributed by atoms with E-state index in [2.05, 4.69) is 35.3 Å². The van der Waals surface area contributed by atoms with Crippen molar-refractivity contribution in [2.45, 2.75) is 70.1 Å². The molecule has 2 aliphatic rings. The van der Waals surface area contributed by atoms with Crippen LogP contribution in [0.3, 0.4) is 0 Å². The van der Waals surface area contributed by atoms with Gasteiger partial charge in [0.25, 0.3) is 0 Å². The van der Waals surface area contributed by atoms with Crippen LogP contribution >= 0.6 is 0 Å². The lowest BCUT2D eigenvalue weighted by atomic mass is 10.0. The normalized spacial score (nSPS) is 17.8. The average molecular weight is 754 g/mol. The molecule has 55 heavy (non-hydrogen) atoms. The maximum Gasteiger partial charge on any atom is 0.407 e. The highest BCUT2D eigenvalue weighted by Gasteiger charge is 2.38. The van der Waals surface area contributed by atoms with Crippen molar-refractivity contribution in [3.8, 4) is 33.6 Å². The zero-order chi connectivity index (χ0) is 39.2. The van der Waals surface area contributed by atoms with Crippen LogP contribution in [-0.4, -0.2) is 99.0 Å². The summed E-state index contributed by atoms with van der Waals surface area (Å²) in [6, 6.07) is 13.8. The number of carbonyl (C=O) groups is 5. The van der Waals surface area contributed by atoms with Gasteiger partial charge < -0.3 is 45.6 Å². The van der Waals surface area contributed by atoms with Crippen molar-refractivity contribution >= 4 is 29.9 Å². The van der Waals surface area contributed by atoms with Gasteiger partial charge in [0, 0.05) is 13.1 Å². The first-order valence-corrected chi connectivity index (χ1v) is 18.4. The van der Waals surface area contributed by atoms with E-state index in [1.54, 1.807) is 22.2 Å². The summed E-state index contributed by atoms with van der Waals surface area (Å²) in [5, 5.41) is 5.10. The molecule has 2 aliphatic heterocycles. The maximum atomic E-state index is 13.5. The molecule has 0 spiro atoms. The Labute approximate surface area is 318 Å². The predicted molar refractivity (Wildman–Crippen MR) is 202 cm³/mol. The third kappa shape index (κ3) is 8.63. The summed E-state index contributed by atoms with van der Waals surface area (Å²) < 4.78 is 9.37. The highest BCUT2D eigenvalue weighted by Crippen LogP contribution is 2.35. The Bertz CT molecular complexity index is 2010. The summed E-state index contributed by atoms with van der Waals surface area (Å²) >= 11 is 0. The minimum Gasteiger partial charge on any atom is -0.453 e. The molecule has 0 bridgehead atoms. The first kappa shape index (κ1) is 38.5. The Balaban J connectivity index is 1.10. The number of benzene rings is 2. The fourth-order valence-electron chi connectivity index (χ4n) is 7.30. The predicted octanol–water partition coefficient (Wildman–Crippen LogP) is 4.44. The summed E-state index contributed by atoms with van der Waals surface area (Å²) in [5.74, 6) is -0.0895. The molecule has 6 N–H and O–H groups in total. The molecular weight excluding hydrogens is 706 g/mol. The van der Waals surface area contributed by atoms with Gasteiger partial charge in [0.2, 0.25) is 17.7 Å². The number of nitrogens with two attached hydrogens (primary N) is 1. The van der Waals surface area contributed by atoms with Gasteiger partial charge in [-0.1, -0.05) is 62.4 Å². The highest BCUT2D eigenvalue weighted by molar-refractivity contribution is 5.91. The van der Waals surface area contributed by atoms with Gasteiger partial charge in [-0.2, -0.15) is 0 Å². The van der Waals surface area contributed by atoms with Crippen molar-refractivity contribution < 1.29 is 33.4 Å². The number of aromatic nitrogens is 4. The van der Waals surface area contributed by atoms with E-state index in [1.165, 1.54) is 14.2 Å². The van der Waals surface area contributed by atoms with E-state index < -0.39 is 36.1 Å².